The molecule has 0 spiro atoms. The minimum Gasteiger partial charge on any atom is -0.448 e. The number of imide groups is 1. The van der Waals surface area contributed by atoms with Crippen LogP contribution in [0.15, 0.2) is 12.3 Å². The highest BCUT2D eigenvalue weighted by molar-refractivity contribution is 6.31. The second-order valence-electron chi connectivity index (χ2n) is 4.94. The molecule has 1 saturated carbocycles. The van der Waals surface area contributed by atoms with Crippen molar-refractivity contribution in [1.29, 1.82) is 0 Å². The van der Waals surface area contributed by atoms with E-state index in [1.54, 1.807) is 13.2 Å². The van der Waals surface area contributed by atoms with Crippen molar-refractivity contribution >= 4 is 29.5 Å². The number of aromatic nitrogens is 1. The van der Waals surface area contributed by atoms with Gasteiger partial charge in [0.25, 0.3) is 5.91 Å². The molecule has 2 rings (SSSR count). The van der Waals surface area contributed by atoms with Gasteiger partial charge in [-0.2, -0.15) is 0 Å². The van der Waals surface area contributed by atoms with E-state index >= 15 is 0 Å². The Kier molecular flexibility index (Phi) is 4.52. The standard InChI is InChI=1S/C13H16ClN3O4/c1-7(11(18)16-13(20)15-9-3-4-9)21-12(19)10-5-8(14)6-17(10)2/h5-7,9H,3-4H2,1-2H3,(H2,15,16,18,20)/t7-/m1/s1. The molecule has 114 valence electrons. The summed E-state index contributed by atoms with van der Waals surface area (Å²) in [6.45, 7) is 1.39. The Morgan fingerprint density at radius 3 is 2.62 bits per heavy atom. The Labute approximate surface area is 126 Å². The second-order valence-corrected chi connectivity index (χ2v) is 5.38. The van der Waals surface area contributed by atoms with E-state index in [-0.39, 0.29) is 11.7 Å². The molecule has 1 aromatic rings. The van der Waals surface area contributed by atoms with Gasteiger partial charge in [0.2, 0.25) is 0 Å². The van der Waals surface area contributed by atoms with Crippen LogP contribution in [0.25, 0.3) is 0 Å². The topological polar surface area (TPSA) is 89.4 Å². The van der Waals surface area contributed by atoms with Gasteiger partial charge in [-0.3, -0.25) is 10.1 Å². The first-order chi connectivity index (χ1) is 9.86. The molecule has 1 aliphatic rings. The maximum Gasteiger partial charge on any atom is 0.355 e. The molecule has 1 aromatic heterocycles. The molecule has 1 fully saturated rings. The number of rotatable bonds is 4. The van der Waals surface area contributed by atoms with Crippen LogP contribution in [0, 0.1) is 0 Å². The number of amides is 3. The maximum atomic E-state index is 11.9. The fourth-order valence-electron chi connectivity index (χ4n) is 1.66. The number of aryl methyl sites for hydroxylation is 1. The number of carbonyl (C=O) groups excluding carboxylic acids is 3. The van der Waals surface area contributed by atoms with Crippen molar-refractivity contribution in [3.63, 3.8) is 0 Å². The van der Waals surface area contributed by atoms with Gasteiger partial charge in [-0.05, 0) is 25.8 Å². The number of hydrogen-bond donors (Lipinski definition) is 2. The zero-order chi connectivity index (χ0) is 15.6. The van der Waals surface area contributed by atoms with Gasteiger partial charge < -0.3 is 14.6 Å². The summed E-state index contributed by atoms with van der Waals surface area (Å²) < 4.78 is 6.50. The van der Waals surface area contributed by atoms with Crippen LogP contribution in [-0.2, 0) is 16.6 Å². The quantitative estimate of drug-likeness (QED) is 0.818. The average Bonchev–Trinajstić information content (AvgIpc) is 3.12. The first-order valence-electron chi connectivity index (χ1n) is 6.51. The van der Waals surface area contributed by atoms with Crippen molar-refractivity contribution in [3.8, 4) is 0 Å². The van der Waals surface area contributed by atoms with Crippen molar-refractivity contribution < 1.29 is 19.1 Å². The van der Waals surface area contributed by atoms with Gasteiger partial charge in [0.05, 0.1) is 5.02 Å². The summed E-state index contributed by atoms with van der Waals surface area (Å²) in [6, 6.07) is 1.00. The molecule has 0 aromatic carbocycles. The van der Waals surface area contributed by atoms with Gasteiger partial charge >= 0.3 is 12.0 Å². The Morgan fingerprint density at radius 2 is 2.10 bits per heavy atom. The molecule has 7 nitrogen and oxygen atoms in total. The fraction of sp³-hybridized carbons (Fsp3) is 0.462. The lowest BCUT2D eigenvalue weighted by Crippen LogP contribution is -2.45. The Morgan fingerprint density at radius 1 is 1.43 bits per heavy atom. The molecule has 21 heavy (non-hydrogen) atoms. The van der Waals surface area contributed by atoms with E-state index in [0.717, 1.165) is 12.8 Å². The summed E-state index contributed by atoms with van der Waals surface area (Å²) >= 11 is 5.77. The van der Waals surface area contributed by atoms with Crippen LogP contribution in [-0.4, -0.2) is 34.6 Å². The molecular formula is C13H16ClN3O4. The average molecular weight is 314 g/mol. The van der Waals surface area contributed by atoms with E-state index in [0.29, 0.717) is 5.02 Å². The summed E-state index contributed by atoms with van der Waals surface area (Å²) in [5, 5.41) is 5.13. The number of nitrogens with zero attached hydrogens (tertiary/aromatic N) is 1. The number of hydrogen-bond acceptors (Lipinski definition) is 4. The monoisotopic (exact) mass is 313 g/mol. The lowest BCUT2D eigenvalue weighted by molar-refractivity contribution is -0.127. The summed E-state index contributed by atoms with van der Waals surface area (Å²) in [4.78, 5) is 35.0. The Balaban J connectivity index is 1.86. The molecule has 1 heterocycles. The van der Waals surface area contributed by atoms with Crippen LogP contribution < -0.4 is 10.6 Å². The molecule has 3 amide bonds. The molecule has 0 unspecified atom stereocenters. The lowest BCUT2D eigenvalue weighted by atomic mass is 10.3. The highest BCUT2D eigenvalue weighted by Crippen LogP contribution is 2.18. The minimum atomic E-state index is -1.09. The molecule has 8 heteroatoms. The zero-order valence-electron chi connectivity index (χ0n) is 11.7. The van der Waals surface area contributed by atoms with Crippen LogP contribution in [0.3, 0.4) is 0 Å². The maximum absolute atomic E-state index is 11.9. The summed E-state index contributed by atoms with van der Waals surface area (Å²) in [5.41, 5.74) is 0.224. The van der Waals surface area contributed by atoms with Crippen molar-refractivity contribution in [2.24, 2.45) is 7.05 Å². The normalized spacial score (nSPS) is 15.2. The molecule has 0 aliphatic heterocycles. The number of ether oxygens (including phenoxy) is 1. The number of esters is 1. The third kappa shape index (κ3) is 4.22. The van der Waals surface area contributed by atoms with E-state index in [1.807, 2.05) is 0 Å². The first kappa shape index (κ1) is 15.4. The van der Waals surface area contributed by atoms with E-state index in [2.05, 4.69) is 10.6 Å². The van der Waals surface area contributed by atoms with Gasteiger partial charge in [-0.1, -0.05) is 11.6 Å². The van der Waals surface area contributed by atoms with Crippen molar-refractivity contribution in [3.05, 3.63) is 23.0 Å². The van der Waals surface area contributed by atoms with E-state index in [1.165, 1.54) is 17.6 Å². The second kappa shape index (κ2) is 6.17. The Bertz CT molecular complexity index is 580. The number of nitrogens with one attached hydrogen (secondary N) is 2. The smallest absolute Gasteiger partial charge is 0.355 e. The van der Waals surface area contributed by atoms with Crippen molar-refractivity contribution in [2.45, 2.75) is 31.9 Å². The molecule has 0 radical (unpaired) electrons. The summed E-state index contributed by atoms with van der Waals surface area (Å²) in [7, 11) is 1.64. The Hall–Kier alpha value is -2.02. The van der Waals surface area contributed by atoms with E-state index in [4.69, 9.17) is 16.3 Å². The highest BCUT2D eigenvalue weighted by atomic mass is 35.5. The summed E-state index contributed by atoms with van der Waals surface area (Å²) in [5.74, 6) is -1.36. The van der Waals surface area contributed by atoms with E-state index in [9.17, 15) is 14.4 Å². The fourth-order valence-corrected chi connectivity index (χ4v) is 1.91. The predicted molar refractivity (Wildman–Crippen MR) is 75.0 cm³/mol. The number of halogens is 1. The molecule has 2 N–H and O–H groups in total. The predicted octanol–water partition coefficient (Wildman–Crippen LogP) is 1.21. The molecule has 1 aliphatic carbocycles. The van der Waals surface area contributed by atoms with Gasteiger partial charge in [-0.15, -0.1) is 0 Å². The van der Waals surface area contributed by atoms with Crippen molar-refractivity contribution in [2.75, 3.05) is 0 Å². The number of carbonyl (C=O) groups is 3. The SMILES string of the molecule is C[C@@H](OC(=O)c1cc(Cl)cn1C)C(=O)NC(=O)NC1CC1. The van der Waals surface area contributed by atoms with Crippen LogP contribution in [0.1, 0.15) is 30.3 Å². The van der Waals surface area contributed by atoms with Crippen LogP contribution in [0.4, 0.5) is 4.79 Å². The van der Waals surface area contributed by atoms with Crippen LogP contribution in [0.5, 0.6) is 0 Å². The number of urea groups is 1. The molecule has 0 saturated heterocycles. The largest absolute Gasteiger partial charge is 0.448 e. The van der Waals surface area contributed by atoms with Gasteiger partial charge in [0.15, 0.2) is 6.10 Å². The van der Waals surface area contributed by atoms with Gasteiger partial charge in [0, 0.05) is 19.3 Å². The molecular weight excluding hydrogens is 298 g/mol. The minimum absolute atomic E-state index is 0.140. The third-order valence-electron chi connectivity index (χ3n) is 2.98. The lowest BCUT2D eigenvalue weighted by Gasteiger charge is -2.13. The van der Waals surface area contributed by atoms with E-state index < -0.39 is 24.0 Å². The zero-order valence-corrected chi connectivity index (χ0v) is 12.4. The molecule has 0 bridgehead atoms. The highest BCUT2D eigenvalue weighted by Gasteiger charge is 2.26. The van der Waals surface area contributed by atoms with Crippen LogP contribution in [0.2, 0.25) is 5.02 Å². The molecule has 1 atom stereocenters. The first-order valence-corrected chi connectivity index (χ1v) is 6.89. The third-order valence-corrected chi connectivity index (χ3v) is 3.19. The summed E-state index contributed by atoms with van der Waals surface area (Å²) in [6.07, 6.45) is 2.29. The van der Waals surface area contributed by atoms with Crippen LogP contribution >= 0.6 is 11.6 Å². The van der Waals surface area contributed by atoms with Crippen molar-refractivity contribution in [1.82, 2.24) is 15.2 Å². The van der Waals surface area contributed by atoms with Gasteiger partial charge in [-0.25, -0.2) is 9.59 Å². The van der Waals surface area contributed by atoms with Gasteiger partial charge in [0.1, 0.15) is 5.69 Å².